The highest BCUT2D eigenvalue weighted by Crippen LogP contribution is 2.46. The van der Waals surface area contributed by atoms with Crippen molar-refractivity contribution in [2.45, 2.75) is 0 Å². The van der Waals surface area contributed by atoms with Crippen LogP contribution < -0.4 is 0 Å². The van der Waals surface area contributed by atoms with E-state index in [2.05, 4.69) is 0 Å². The zero-order valence-corrected chi connectivity index (χ0v) is 23.0. The van der Waals surface area contributed by atoms with Crippen LogP contribution in [0.15, 0.2) is 181 Å². The third-order valence-corrected chi connectivity index (χ3v) is 7.19. The number of hydrogen-bond acceptors (Lipinski definition) is 0. The van der Waals surface area contributed by atoms with E-state index in [0.29, 0.717) is 0 Å². The maximum absolute atomic E-state index is 10.0. The fraction of sp³-hybridized carbons (Fsp3) is 0. The largest absolute Gasteiger partial charge is 0.0636 e. The predicted molar refractivity (Wildman–Crippen MR) is 198 cm³/mol. The molecule has 0 fully saturated rings. The van der Waals surface area contributed by atoms with Gasteiger partial charge in [-0.1, -0.05) is 163 Å². The lowest BCUT2D eigenvalue weighted by molar-refractivity contribution is 1.62. The molecule has 46 heavy (non-hydrogen) atoms. The summed E-state index contributed by atoms with van der Waals surface area (Å²) in [7, 11) is 0. The molecule has 0 amide bonds. The molecule has 0 saturated heterocycles. The summed E-state index contributed by atoms with van der Waals surface area (Å²) < 4.78 is 270. The standard InChI is InChI=1S/C46H30/c1-2-12-31(13-3-1)35-26-27-43-44(30-35)46(38-25-24-32-14-4-5-16-34(32)28-38)42-22-9-8-21-41(42)45(43)37-19-10-18-36(29-37)40-23-11-17-33-15-6-7-20-39(33)40/h1-30H/i1D,2D,3D,4D,5D,6D,7D,8D,9D,10D,11D,12D,13D,14D,15D,16D,17D,18D,19D,20D,21D,22D,23D,24D,25D,26D,27D,28D,29D,30D. The van der Waals surface area contributed by atoms with Crippen molar-refractivity contribution < 1.29 is 41.1 Å². The monoisotopic (exact) mass is 612 g/mol. The third kappa shape index (κ3) is 4.38. The van der Waals surface area contributed by atoms with Crippen molar-refractivity contribution >= 4 is 43.1 Å². The molecule has 0 spiro atoms. The summed E-state index contributed by atoms with van der Waals surface area (Å²) in [6.45, 7) is 0. The summed E-state index contributed by atoms with van der Waals surface area (Å²) in [5.74, 6) is 0. The van der Waals surface area contributed by atoms with Crippen molar-refractivity contribution in [1.29, 1.82) is 0 Å². The molecule has 0 aromatic heterocycles. The van der Waals surface area contributed by atoms with Gasteiger partial charge in [-0.2, -0.15) is 0 Å². The summed E-state index contributed by atoms with van der Waals surface area (Å²) in [5.41, 5.74) is -7.14. The van der Waals surface area contributed by atoms with Gasteiger partial charge in [0.05, 0.1) is 41.1 Å². The van der Waals surface area contributed by atoms with Crippen molar-refractivity contribution in [1.82, 2.24) is 0 Å². The molecule has 0 aliphatic carbocycles. The van der Waals surface area contributed by atoms with Crippen LogP contribution in [0.1, 0.15) is 41.1 Å². The SMILES string of the molecule is [2H]c1c([2H])c([2H])c(-c2c([2H])c([2H])c3c(-c4c([2H])c([2H])c([2H])c(-c5c([2H])c([2H])c([2H])c6c([2H])c([2H])c([2H])c([2H])c56)c4[2H])c4c([2H])c([2H])c([2H])c([2H])c4c(-c4c([2H])c([2H])c5c([2H])c([2H])c([2H])c([2H])c5c4[2H])c3c2[2H])c([2H])c1[2H]. The van der Waals surface area contributed by atoms with Gasteiger partial charge in [0.1, 0.15) is 0 Å². The zero-order chi connectivity index (χ0) is 56.6. The minimum absolute atomic E-state index is 0.651. The lowest BCUT2D eigenvalue weighted by atomic mass is 9.84. The van der Waals surface area contributed by atoms with Gasteiger partial charge in [0.2, 0.25) is 0 Å². The second kappa shape index (κ2) is 10.9. The molecule has 0 N–H and O–H groups in total. The van der Waals surface area contributed by atoms with Gasteiger partial charge in [-0.15, -0.1) is 0 Å². The van der Waals surface area contributed by atoms with E-state index < -0.39 is 269 Å². The second-order valence-electron chi connectivity index (χ2n) is 9.75. The van der Waals surface area contributed by atoms with Crippen LogP contribution in [0.5, 0.6) is 0 Å². The minimum Gasteiger partial charge on any atom is -0.0622 e. The Balaban J connectivity index is 1.68. The van der Waals surface area contributed by atoms with Crippen LogP contribution in [0.2, 0.25) is 0 Å². The van der Waals surface area contributed by atoms with Crippen molar-refractivity contribution in [3.05, 3.63) is 181 Å². The molecule has 0 atom stereocenters. The van der Waals surface area contributed by atoms with Crippen LogP contribution >= 0.6 is 0 Å². The lowest BCUT2D eigenvalue weighted by Gasteiger charge is -2.19. The van der Waals surface area contributed by atoms with E-state index in [1.54, 1.807) is 0 Å². The quantitative estimate of drug-likeness (QED) is 0.173. The summed E-state index contributed by atoms with van der Waals surface area (Å²) in [6.07, 6.45) is 0. The molecular weight excluding hydrogens is 553 g/mol. The molecule has 214 valence electrons. The molecule has 0 aliphatic rings. The number of hydrogen-bond donors (Lipinski definition) is 0. The average molecular weight is 613 g/mol. The highest BCUT2D eigenvalue weighted by Gasteiger charge is 2.18. The van der Waals surface area contributed by atoms with Gasteiger partial charge in [0, 0.05) is 0 Å². The number of rotatable bonds is 4. The van der Waals surface area contributed by atoms with Gasteiger partial charge in [-0.3, -0.25) is 0 Å². The van der Waals surface area contributed by atoms with E-state index in [9.17, 15) is 15.1 Å². The van der Waals surface area contributed by atoms with E-state index in [-0.39, 0.29) is 0 Å². The first-order valence-electron chi connectivity index (χ1n) is 28.5. The third-order valence-electron chi connectivity index (χ3n) is 7.19. The zero-order valence-electron chi connectivity index (χ0n) is 53.0. The molecule has 0 unspecified atom stereocenters. The van der Waals surface area contributed by atoms with E-state index in [4.69, 9.17) is 26.0 Å². The highest BCUT2D eigenvalue weighted by molar-refractivity contribution is 6.22. The fourth-order valence-corrected chi connectivity index (χ4v) is 5.22. The summed E-state index contributed by atoms with van der Waals surface area (Å²) in [6, 6.07) is -30.4. The average Bonchev–Trinajstić information content (AvgIpc) is 3.38. The Morgan fingerprint density at radius 1 is 0.261 bits per heavy atom. The van der Waals surface area contributed by atoms with Gasteiger partial charge in [-0.05, 0) is 106 Å². The molecule has 9 aromatic carbocycles. The van der Waals surface area contributed by atoms with E-state index in [0.717, 1.165) is 0 Å². The van der Waals surface area contributed by atoms with E-state index in [1.165, 1.54) is 0 Å². The molecule has 0 saturated carbocycles. The topological polar surface area (TPSA) is 0 Å². The molecule has 0 radical (unpaired) electrons. The lowest BCUT2D eigenvalue weighted by Crippen LogP contribution is -1.92. The normalized spacial score (nSPS) is 20.6. The maximum Gasteiger partial charge on any atom is 0.0636 e. The van der Waals surface area contributed by atoms with Crippen molar-refractivity contribution in [3.63, 3.8) is 0 Å². The van der Waals surface area contributed by atoms with E-state index in [1.807, 2.05) is 0 Å². The van der Waals surface area contributed by atoms with Gasteiger partial charge < -0.3 is 0 Å². The van der Waals surface area contributed by atoms with Crippen LogP contribution in [-0.4, -0.2) is 0 Å². The Labute approximate surface area is 311 Å². The first-order chi connectivity index (χ1) is 35.3. The van der Waals surface area contributed by atoms with E-state index >= 15 is 0 Å². The molecular formula is C46H30. The Morgan fingerprint density at radius 2 is 0.804 bits per heavy atom. The Kier molecular flexibility index (Phi) is 2.37. The van der Waals surface area contributed by atoms with Crippen molar-refractivity contribution in [2.75, 3.05) is 0 Å². The van der Waals surface area contributed by atoms with Crippen molar-refractivity contribution in [3.8, 4) is 44.5 Å². The smallest absolute Gasteiger partial charge is 0.0622 e. The molecule has 0 heteroatoms. The summed E-state index contributed by atoms with van der Waals surface area (Å²) >= 11 is 0. The first-order valence-corrected chi connectivity index (χ1v) is 13.5. The van der Waals surface area contributed by atoms with Crippen LogP contribution in [0.25, 0.3) is 87.6 Å². The second-order valence-corrected chi connectivity index (χ2v) is 9.75. The molecule has 0 heterocycles. The predicted octanol–water partition coefficient (Wildman–Crippen LogP) is 13.0. The Hall–Kier alpha value is -5.98. The first kappa shape index (κ1) is 10.0. The molecule has 9 aromatic rings. The molecule has 0 nitrogen and oxygen atoms in total. The van der Waals surface area contributed by atoms with Crippen LogP contribution in [0.3, 0.4) is 0 Å². The number of benzene rings is 9. The molecule has 0 bridgehead atoms. The van der Waals surface area contributed by atoms with Gasteiger partial charge in [0.15, 0.2) is 0 Å². The summed E-state index contributed by atoms with van der Waals surface area (Å²) in [5, 5.41) is -6.22. The van der Waals surface area contributed by atoms with Gasteiger partial charge in [-0.25, -0.2) is 0 Å². The molecule has 9 rings (SSSR count). The Morgan fingerprint density at radius 3 is 1.63 bits per heavy atom. The van der Waals surface area contributed by atoms with Crippen LogP contribution in [-0.2, 0) is 0 Å². The van der Waals surface area contributed by atoms with Crippen LogP contribution in [0.4, 0.5) is 0 Å². The van der Waals surface area contributed by atoms with Gasteiger partial charge in [0.25, 0.3) is 0 Å². The van der Waals surface area contributed by atoms with Crippen LogP contribution in [0, 0.1) is 0 Å². The number of fused-ring (bicyclic) bond motifs is 4. The highest BCUT2D eigenvalue weighted by atomic mass is 14.2. The van der Waals surface area contributed by atoms with Gasteiger partial charge >= 0.3 is 0 Å². The maximum atomic E-state index is 10.0. The summed E-state index contributed by atoms with van der Waals surface area (Å²) in [4.78, 5) is 0. The Bertz CT molecular complexity index is 4240. The minimum atomic E-state index is -1.17. The fourth-order valence-electron chi connectivity index (χ4n) is 5.22. The van der Waals surface area contributed by atoms with Crippen molar-refractivity contribution in [2.24, 2.45) is 0 Å². The molecule has 0 aliphatic heterocycles.